The van der Waals surface area contributed by atoms with Gasteiger partial charge in [-0.15, -0.1) is 0 Å². The summed E-state index contributed by atoms with van der Waals surface area (Å²) in [5.74, 6) is 0.242. The molecule has 0 aliphatic carbocycles. The third-order valence-corrected chi connectivity index (χ3v) is 6.40. The molecular formula is C22H20Cl2N2O4S. The maximum absolute atomic E-state index is 12.6. The molecule has 1 amide bonds. The number of anilines is 2. The highest BCUT2D eigenvalue weighted by Crippen LogP contribution is 2.28. The van der Waals surface area contributed by atoms with Gasteiger partial charge in [0.1, 0.15) is 5.75 Å². The molecule has 0 aromatic heterocycles. The number of aryl methyl sites for hydroxylation is 2. The van der Waals surface area contributed by atoms with Crippen molar-refractivity contribution < 1.29 is 17.9 Å². The van der Waals surface area contributed by atoms with E-state index in [4.69, 9.17) is 27.9 Å². The summed E-state index contributed by atoms with van der Waals surface area (Å²) in [6.45, 7) is 3.79. The molecule has 0 radical (unpaired) electrons. The minimum atomic E-state index is -3.86. The van der Waals surface area contributed by atoms with Gasteiger partial charge in [-0.05, 0) is 79.6 Å². The molecule has 3 aromatic carbocycles. The molecule has 0 saturated carbocycles. The normalized spacial score (nSPS) is 11.1. The van der Waals surface area contributed by atoms with Crippen LogP contribution in [0.1, 0.15) is 11.1 Å². The lowest BCUT2D eigenvalue weighted by molar-refractivity contribution is -0.118. The Morgan fingerprint density at radius 2 is 1.65 bits per heavy atom. The number of sulfonamides is 1. The van der Waals surface area contributed by atoms with E-state index in [0.717, 1.165) is 11.1 Å². The van der Waals surface area contributed by atoms with Crippen molar-refractivity contribution in [1.29, 1.82) is 0 Å². The van der Waals surface area contributed by atoms with E-state index in [1.165, 1.54) is 42.5 Å². The summed E-state index contributed by atoms with van der Waals surface area (Å²) in [4.78, 5) is 12.2. The summed E-state index contributed by atoms with van der Waals surface area (Å²) in [5.41, 5.74) is 2.87. The van der Waals surface area contributed by atoms with Gasteiger partial charge in [0.05, 0.1) is 15.6 Å². The number of amides is 1. The highest BCUT2D eigenvalue weighted by molar-refractivity contribution is 7.92. The molecule has 2 N–H and O–H groups in total. The van der Waals surface area contributed by atoms with Gasteiger partial charge < -0.3 is 10.1 Å². The molecule has 0 bridgehead atoms. The molecule has 6 nitrogen and oxygen atoms in total. The molecule has 0 aliphatic heterocycles. The maximum Gasteiger partial charge on any atom is 0.262 e. The largest absolute Gasteiger partial charge is 0.484 e. The quantitative estimate of drug-likeness (QED) is 0.474. The highest BCUT2D eigenvalue weighted by Gasteiger charge is 2.16. The second-order valence-electron chi connectivity index (χ2n) is 6.84. The minimum Gasteiger partial charge on any atom is -0.484 e. The summed E-state index contributed by atoms with van der Waals surface area (Å²) in [6.07, 6.45) is 0. The average Bonchev–Trinajstić information content (AvgIpc) is 2.71. The molecule has 9 heteroatoms. The zero-order chi connectivity index (χ0) is 22.6. The van der Waals surface area contributed by atoms with Crippen molar-refractivity contribution in [3.63, 3.8) is 0 Å². The predicted molar refractivity (Wildman–Crippen MR) is 124 cm³/mol. The van der Waals surface area contributed by atoms with Crippen molar-refractivity contribution in [2.75, 3.05) is 16.6 Å². The Labute approximate surface area is 191 Å². The summed E-state index contributed by atoms with van der Waals surface area (Å²) in [6, 6.07) is 15.8. The van der Waals surface area contributed by atoms with E-state index in [9.17, 15) is 13.2 Å². The van der Waals surface area contributed by atoms with Crippen LogP contribution in [-0.2, 0) is 14.8 Å². The van der Waals surface area contributed by atoms with Crippen LogP contribution in [0.4, 0.5) is 11.4 Å². The van der Waals surface area contributed by atoms with Crippen LogP contribution < -0.4 is 14.8 Å². The van der Waals surface area contributed by atoms with Gasteiger partial charge in [0.25, 0.3) is 15.9 Å². The zero-order valence-corrected chi connectivity index (χ0v) is 19.1. The van der Waals surface area contributed by atoms with Crippen LogP contribution in [0.5, 0.6) is 5.75 Å². The smallest absolute Gasteiger partial charge is 0.262 e. The standard InChI is InChI=1S/C22H20Cl2N2O4S/c1-14-3-7-18(11-15(14)2)30-13-22(27)25-17-5-8-19(9-6-17)31(28,29)26-21-10-4-16(23)12-20(21)24/h3-12,26H,13H2,1-2H3,(H,25,27). The summed E-state index contributed by atoms with van der Waals surface area (Å²) < 4.78 is 33.1. The average molecular weight is 479 g/mol. The number of halogens is 2. The van der Waals surface area contributed by atoms with E-state index in [-0.39, 0.29) is 28.1 Å². The zero-order valence-electron chi connectivity index (χ0n) is 16.8. The van der Waals surface area contributed by atoms with Gasteiger partial charge in [-0.1, -0.05) is 29.3 Å². The first-order chi connectivity index (χ1) is 14.6. The number of carbonyl (C=O) groups excluding carboxylic acids is 1. The SMILES string of the molecule is Cc1ccc(OCC(=O)Nc2ccc(S(=O)(=O)Nc3ccc(Cl)cc3Cl)cc2)cc1C. The first-order valence-corrected chi connectivity index (χ1v) is 11.5. The molecular weight excluding hydrogens is 459 g/mol. The van der Waals surface area contributed by atoms with Crippen molar-refractivity contribution in [3.05, 3.63) is 81.8 Å². The predicted octanol–water partition coefficient (Wildman–Crippen LogP) is 5.43. The van der Waals surface area contributed by atoms with Crippen LogP contribution in [0.2, 0.25) is 10.0 Å². The van der Waals surface area contributed by atoms with Crippen LogP contribution >= 0.6 is 23.2 Å². The molecule has 0 unspecified atom stereocenters. The minimum absolute atomic E-state index is 0.0166. The Balaban J connectivity index is 1.61. The topological polar surface area (TPSA) is 84.5 Å². The Morgan fingerprint density at radius 1 is 0.935 bits per heavy atom. The fourth-order valence-electron chi connectivity index (χ4n) is 2.64. The van der Waals surface area contributed by atoms with Crippen molar-refractivity contribution in [3.8, 4) is 5.75 Å². The third kappa shape index (κ3) is 6.13. The summed E-state index contributed by atoms with van der Waals surface area (Å²) >= 11 is 11.9. The van der Waals surface area contributed by atoms with Gasteiger partial charge in [0.2, 0.25) is 0 Å². The van der Waals surface area contributed by atoms with Crippen LogP contribution in [0.3, 0.4) is 0 Å². The van der Waals surface area contributed by atoms with Gasteiger partial charge in [-0.3, -0.25) is 9.52 Å². The van der Waals surface area contributed by atoms with Crippen molar-refractivity contribution in [2.24, 2.45) is 0 Å². The van der Waals surface area contributed by atoms with Gasteiger partial charge in [-0.25, -0.2) is 8.42 Å². The number of hydrogen-bond acceptors (Lipinski definition) is 4. The molecule has 3 rings (SSSR count). The molecule has 0 spiro atoms. The fourth-order valence-corrected chi connectivity index (χ4v) is 4.23. The van der Waals surface area contributed by atoms with E-state index in [0.29, 0.717) is 16.5 Å². The van der Waals surface area contributed by atoms with Crippen LogP contribution in [0.15, 0.2) is 65.6 Å². The van der Waals surface area contributed by atoms with E-state index < -0.39 is 10.0 Å². The maximum atomic E-state index is 12.6. The van der Waals surface area contributed by atoms with E-state index in [1.54, 1.807) is 6.07 Å². The molecule has 0 aliphatic rings. The monoisotopic (exact) mass is 478 g/mol. The lowest BCUT2D eigenvalue weighted by Crippen LogP contribution is -2.20. The molecule has 0 atom stereocenters. The molecule has 0 fully saturated rings. The molecule has 31 heavy (non-hydrogen) atoms. The van der Waals surface area contributed by atoms with Gasteiger partial charge in [-0.2, -0.15) is 0 Å². The van der Waals surface area contributed by atoms with Gasteiger partial charge >= 0.3 is 0 Å². The van der Waals surface area contributed by atoms with Crippen molar-refractivity contribution >= 4 is 50.5 Å². The van der Waals surface area contributed by atoms with Crippen molar-refractivity contribution in [1.82, 2.24) is 0 Å². The Hall–Kier alpha value is -2.74. The number of nitrogens with one attached hydrogen (secondary N) is 2. The van der Waals surface area contributed by atoms with E-state index in [1.807, 2.05) is 26.0 Å². The van der Waals surface area contributed by atoms with E-state index >= 15 is 0 Å². The first-order valence-electron chi connectivity index (χ1n) is 9.22. The van der Waals surface area contributed by atoms with Gasteiger partial charge in [0, 0.05) is 10.7 Å². The Morgan fingerprint density at radius 3 is 2.29 bits per heavy atom. The Kier molecular flexibility index (Phi) is 7.10. The number of benzene rings is 3. The second-order valence-corrected chi connectivity index (χ2v) is 9.36. The molecule has 3 aromatic rings. The second kappa shape index (κ2) is 9.60. The van der Waals surface area contributed by atoms with E-state index in [2.05, 4.69) is 10.0 Å². The lowest BCUT2D eigenvalue weighted by atomic mass is 10.1. The number of ether oxygens (including phenoxy) is 1. The fraction of sp³-hybridized carbons (Fsp3) is 0.136. The number of carbonyl (C=O) groups is 1. The van der Waals surface area contributed by atoms with Crippen molar-refractivity contribution in [2.45, 2.75) is 18.7 Å². The van der Waals surface area contributed by atoms with Crippen LogP contribution in [0.25, 0.3) is 0 Å². The van der Waals surface area contributed by atoms with Crippen LogP contribution in [0, 0.1) is 13.8 Å². The summed E-state index contributed by atoms with van der Waals surface area (Å²) in [7, 11) is -3.86. The number of rotatable bonds is 7. The van der Waals surface area contributed by atoms with Gasteiger partial charge in [0.15, 0.2) is 6.61 Å². The summed E-state index contributed by atoms with van der Waals surface area (Å²) in [5, 5.41) is 3.25. The molecule has 162 valence electrons. The number of hydrogen-bond donors (Lipinski definition) is 2. The third-order valence-electron chi connectivity index (χ3n) is 4.47. The highest BCUT2D eigenvalue weighted by atomic mass is 35.5. The van der Waals surface area contributed by atoms with Crippen LogP contribution in [-0.4, -0.2) is 20.9 Å². The molecule has 0 saturated heterocycles. The Bertz CT molecular complexity index is 1210. The lowest BCUT2D eigenvalue weighted by Gasteiger charge is -2.11. The first kappa shape index (κ1) is 22.9. The molecule has 0 heterocycles.